The second-order valence-electron chi connectivity index (χ2n) is 3.55. The normalized spacial score (nSPS) is 11.9. The summed E-state index contributed by atoms with van der Waals surface area (Å²) in [6, 6.07) is 9.96. The molecule has 1 unspecified atom stereocenters. The molecule has 1 amide bonds. The van der Waals surface area contributed by atoms with Gasteiger partial charge in [-0.15, -0.1) is 0 Å². The lowest BCUT2D eigenvalue weighted by Gasteiger charge is -2.18. The lowest BCUT2D eigenvalue weighted by molar-refractivity contribution is -0.119. The van der Waals surface area contributed by atoms with Gasteiger partial charge < -0.3 is 5.32 Å². The fourth-order valence-electron chi connectivity index (χ4n) is 1.53. The molecule has 0 bridgehead atoms. The standard InChI is InChI=1S/C13H17NO/c1-4-13(14-11(3)15)10(2)12-8-6-5-7-9-12/h5-9,13H,2,4H2,1,3H3,(H,14,15). The Hall–Kier alpha value is -1.57. The number of hydrogen-bond donors (Lipinski definition) is 1. The summed E-state index contributed by atoms with van der Waals surface area (Å²) in [5.74, 6) is -0.0149. The molecule has 0 heterocycles. The molecule has 0 aromatic heterocycles. The first-order chi connectivity index (χ1) is 7.15. The topological polar surface area (TPSA) is 29.1 Å². The van der Waals surface area contributed by atoms with Crippen LogP contribution in [0.3, 0.4) is 0 Å². The van der Waals surface area contributed by atoms with Crippen LogP contribution in [0.5, 0.6) is 0 Å². The van der Waals surface area contributed by atoms with Gasteiger partial charge >= 0.3 is 0 Å². The van der Waals surface area contributed by atoms with Gasteiger partial charge in [0.1, 0.15) is 0 Å². The zero-order chi connectivity index (χ0) is 11.3. The van der Waals surface area contributed by atoms with Crippen LogP contribution in [0, 0.1) is 0 Å². The van der Waals surface area contributed by atoms with Crippen LogP contribution < -0.4 is 5.32 Å². The average Bonchev–Trinajstić information content (AvgIpc) is 2.26. The summed E-state index contributed by atoms with van der Waals surface area (Å²) >= 11 is 0. The first-order valence-corrected chi connectivity index (χ1v) is 5.16. The van der Waals surface area contributed by atoms with Crippen molar-refractivity contribution in [1.29, 1.82) is 0 Å². The number of carbonyl (C=O) groups is 1. The molecule has 0 aliphatic carbocycles. The van der Waals surface area contributed by atoms with Crippen molar-refractivity contribution in [3.8, 4) is 0 Å². The van der Waals surface area contributed by atoms with E-state index in [0.29, 0.717) is 0 Å². The Balaban J connectivity index is 2.78. The molecule has 0 spiro atoms. The van der Waals surface area contributed by atoms with E-state index < -0.39 is 0 Å². The number of carbonyl (C=O) groups excluding carboxylic acids is 1. The van der Waals surface area contributed by atoms with Crippen molar-refractivity contribution >= 4 is 11.5 Å². The molecular formula is C13H17NO. The third-order valence-electron chi connectivity index (χ3n) is 2.35. The van der Waals surface area contributed by atoms with E-state index in [4.69, 9.17) is 0 Å². The first-order valence-electron chi connectivity index (χ1n) is 5.16. The SMILES string of the molecule is C=C(c1ccccc1)C(CC)NC(C)=O. The highest BCUT2D eigenvalue weighted by Gasteiger charge is 2.12. The second kappa shape index (κ2) is 5.35. The first kappa shape index (κ1) is 11.5. The van der Waals surface area contributed by atoms with Crippen molar-refractivity contribution in [3.63, 3.8) is 0 Å². The van der Waals surface area contributed by atoms with Crippen LogP contribution in [0.2, 0.25) is 0 Å². The van der Waals surface area contributed by atoms with Gasteiger partial charge in [0.2, 0.25) is 5.91 Å². The van der Waals surface area contributed by atoms with E-state index in [-0.39, 0.29) is 11.9 Å². The van der Waals surface area contributed by atoms with Gasteiger partial charge in [-0.3, -0.25) is 4.79 Å². The fourth-order valence-corrected chi connectivity index (χ4v) is 1.53. The van der Waals surface area contributed by atoms with Gasteiger partial charge in [0, 0.05) is 6.92 Å². The van der Waals surface area contributed by atoms with E-state index in [2.05, 4.69) is 11.9 Å². The van der Waals surface area contributed by atoms with E-state index in [1.54, 1.807) is 0 Å². The van der Waals surface area contributed by atoms with Crippen LogP contribution in [0.4, 0.5) is 0 Å². The third kappa shape index (κ3) is 3.24. The minimum atomic E-state index is -0.0149. The highest BCUT2D eigenvalue weighted by atomic mass is 16.1. The predicted octanol–water partition coefficient (Wildman–Crippen LogP) is 2.61. The molecule has 0 fully saturated rings. The van der Waals surface area contributed by atoms with Crippen LogP contribution in [0.1, 0.15) is 25.8 Å². The molecule has 0 saturated carbocycles. The highest BCUT2D eigenvalue weighted by molar-refractivity contribution is 5.78. The van der Waals surface area contributed by atoms with Crippen molar-refractivity contribution in [2.24, 2.45) is 0 Å². The summed E-state index contributed by atoms with van der Waals surface area (Å²) in [4.78, 5) is 11.0. The molecule has 80 valence electrons. The van der Waals surface area contributed by atoms with Crippen molar-refractivity contribution in [1.82, 2.24) is 5.32 Å². The molecule has 1 aromatic carbocycles. The summed E-state index contributed by atoms with van der Waals surface area (Å²) < 4.78 is 0. The Bertz CT molecular complexity index is 343. The van der Waals surface area contributed by atoms with Gasteiger partial charge in [0.15, 0.2) is 0 Å². The molecule has 1 aromatic rings. The van der Waals surface area contributed by atoms with Gasteiger partial charge in [0.05, 0.1) is 6.04 Å². The van der Waals surface area contributed by atoms with E-state index in [0.717, 1.165) is 17.6 Å². The molecule has 0 aliphatic heterocycles. The Labute approximate surface area is 91.0 Å². The van der Waals surface area contributed by atoms with Crippen molar-refractivity contribution in [2.45, 2.75) is 26.3 Å². The minimum absolute atomic E-state index is 0.0149. The van der Waals surface area contributed by atoms with E-state index in [9.17, 15) is 4.79 Å². The zero-order valence-electron chi connectivity index (χ0n) is 9.29. The van der Waals surface area contributed by atoms with Crippen LogP contribution in [-0.2, 0) is 4.79 Å². The van der Waals surface area contributed by atoms with Crippen LogP contribution in [0.15, 0.2) is 36.9 Å². The summed E-state index contributed by atoms with van der Waals surface area (Å²) in [5, 5.41) is 2.89. The Morgan fingerprint density at radius 2 is 2.00 bits per heavy atom. The monoisotopic (exact) mass is 203 g/mol. The summed E-state index contributed by atoms with van der Waals surface area (Å²) in [5.41, 5.74) is 2.05. The summed E-state index contributed by atoms with van der Waals surface area (Å²) in [6.45, 7) is 7.60. The van der Waals surface area contributed by atoms with Gasteiger partial charge in [-0.2, -0.15) is 0 Å². The molecule has 1 N–H and O–H groups in total. The summed E-state index contributed by atoms with van der Waals surface area (Å²) in [7, 11) is 0. The smallest absolute Gasteiger partial charge is 0.217 e. The van der Waals surface area contributed by atoms with Gasteiger partial charge in [-0.05, 0) is 17.6 Å². The number of rotatable bonds is 4. The number of nitrogens with one attached hydrogen (secondary N) is 1. The summed E-state index contributed by atoms with van der Waals surface area (Å²) in [6.07, 6.45) is 0.854. The molecule has 1 rings (SSSR count). The maximum atomic E-state index is 11.0. The Kier molecular flexibility index (Phi) is 4.10. The molecule has 0 radical (unpaired) electrons. The maximum Gasteiger partial charge on any atom is 0.217 e. The van der Waals surface area contributed by atoms with Crippen molar-refractivity contribution in [2.75, 3.05) is 0 Å². The molecule has 2 nitrogen and oxygen atoms in total. The second-order valence-corrected chi connectivity index (χ2v) is 3.55. The molecular weight excluding hydrogens is 186 g/mol. The molecule has 2 heteroatoms. The van der Waals surface area contributed by atoms with E-state index >= 15 is 0 Å². The van der Waals surface area contributed by atoms with Crippen molar-refractivity contribution < 1.29 is 4.79 Å². The van der Waals surface area contributed by atoms with Gasteiger partial charge in [0.25, 0.3) is 0 Å². The maximum absolute atomic E-state index is 11.0. The molecule has 0 saturated heterocycles. The number of benzene rings is 1. The van der Waals surface area contributed by atoms with Gasteiger partial charge in [-0.25, -0.2) is 0 Å². The van der Waals surface area contributed by atoms with E-state index in [1.807, 2.05) is 37.3 Å². The molecule has 15 heavy (non-hydrogen) atoms. The van der Waals surface area contributed by atoms with Crippen LogP contribution in [-0.4, -0.2) is 11.9 Å². The average molecular weight is 203 g/mol. The predicted molar refractivity (Wildman–Crippen MR) is 63.4 cm³/mol. The Morgan fingerprint density at radius 1 is 1.40 bits per heavy atom. The largest absolute Gasteiger partial charge is 0.350 e. The fraction of sp³-hybridized carbons (Fsp3) is 0.308. The quantitative estimate of drug-likeness (QED) is 0.800. The van der Waals surface area contributed by atoms with Crippen molar-refractivity contribution in [3.05, 3.63) is 42.5 Å². The molecule has 1 atom stereocenters. The highest BCUT2D eigenvalue weighted by Crippen LogP contribution is 2.17. The van der Waals surface area contributed by atoms with E-state index in [1.165, 1.54) is 6.92 Å². The third-order valence-corrected chi connectivity index (χ3v) is 2.35. The van der Waals surface area contributed by atoms with Crippen LogP contribution in [0.25, 0.3) is 5.57 Å². The number of amides is 1. The zero-order valence-corrected chi connectivity index (χ0v) is 9.29. The number of hydrogen-bond acceptors (Lipinski definition) is 1. The lowest BCUT2D eigenvalue weighted by Crippen LogP contribution is -2.33. The van der Waals surface area contributed by atoms with Gasteiger partial charge in [-0.1, -0.05) is 43.8 Å². The minimum Gasteiger partial charge on any atom is -0.350 e. The van der Waals surface area contributed by atoms with Crippen LogP contribution >= 0.6 is 0 Å². The lowest BCUT2D eigenvalue weighted by atomic mass is 9.98. The molecule has 0 aliphatic rings. The Morgan fingerprint density at radius 3 is 2.47 bits per heavy atom.